The number of carbonyl (C=O) groups excluding carboxylic acids is 1. The molecule has 1 N–H and O–H groups in total. The fourth-order valence-corrected chi connectivity index (χ4v) is 2.92. The molecule has 1 aliphatic rings. The maximum Gasteiger partial charge on any atom is 0.302 e. The first-order valence-electron chi connectivity index (χ1n) is 8.54. The van der Waals surface area contributed by atoms with E-state index in [1.165, 1.54) is 6.92 Å². The van der Waals surface area contributed by atoms with Crippen molar-refractivity contribution in [1.29, 1.82) is 5.41 Å². The van der Waals surface area contributed by atoms with E-state index in [2.05, 4.69) is 6.92 Å². The average molecular weight is 349 g/mol. The standard InChI is InChI=1S/C19H27NO5/c1-12-13(2)18(23-10-16-8-6-5-7-9-16)19(24-14(3)20)25-17(12)11-22-15(4)21/h5-9,12-13,17-20H,10-11H2,1-4H3. The molecule has 6 heteroatoms. The van der Waals surface area contributed by atoms with Crippen LogP contribution in [0.3, 0.4) is 0 Å². The molecule has 6 nitrogen and oxygen atoms in total. The molecule has 0 bridgehead atoms. The van der Waals surface area contributed by atoms with E-state index in [1.54, 1.807) is 6.92 Å². The van der Waals surface area contributed by atoms with Crippen molar-refractivity contribution >= 4 is 11.9 Å². The minimum atomic E-state index is -0.701. The van der Waals surface area contributed by atoms with Crippen LogP contribution in [0.1, 0.15) is 33.3 Å². The molecule has 0 radical (unpaired) electrons. The van der Waals surface area contributed by atoms with Crippen LogP contribution in [0.5, 0.6) is 0 Å². The van der Waals surface area contributed by atoms with E-state index in [-0.39, 0.29) is 42.5 Å². The lowest BCUT2D eigenvalue weighted by atomic mass is 9.83. The van der Waals surface area contributed by atoms with Crippen molar-refractivity contribution in [3.63, 3.8) is 0 Å². The van der Waals surface area contributed by atoms with Crippen LogP contribution in [0.15, 0.2) is 30.3 Å². The van der Waals surface area contributed by atoms with Gasteiger partial charge in [0.2, 0.25) is 6.29 Å². The maximum absolute atomic E-state index is 11.1. The molecule has 5 unspecified atom stereocenters. The van der Waals surface area contributed by atoms with E-state index in [9.17, 15) is 4.79 Å². The maximum atomic E-state index is 11.1. The lowest BCUT2D eigenvalue weighted by molar-refractivity contribution is -0.265. The Labute approximate surface area is 148 Å². The molecule has 1 aromatic carbocycles. The minimum Gasteiger partial charge on any atom is -0.463 e. The van der Waals surface area contributed by atoms with E-state index in [1.807, 2.05) is 37.3 Å². The molecule has 2 rings (SSSR count). The molecule has 5 atom stereocenters. The number of ether oxygens (including phenoxy) is 4. The Balaban J connectivity index is 2.07. The van der Waals surface area contributed by atoms with Gasteiger partial charge in [-0.2, -0.15) is 0 Å². The Morgan fingerprint density at radius 2 is 1.84 bits per heavy atom. The number of nitrogens with one attached hydrogen (secondary N) is 1. The molecule has 1 heterocycles. The third-order valence-electron chi connectivity index (χ3n) is 4.54. The van der Waals surface area contributed by atoms with Crippen molar-refractivity contribution in [2.75, 3.05) is 6.61 Å². The summed E-state index contributed by atoms with van der Waals surface area (Å²) >= 11 is 0. The molecule has 25 heavy (non-hydrogen) atoms. The zero-order chi connectivity index (χ0) is 18.4. The van der Waals surface area contributed by atoms with Gasteiger partial charge in [-0.3, -0.25) is 10.2 Å². The van der Waals surface area contributed by atoms with E-state index >= 15 is 0 Å². The molecule has 138 valence electrons. The highest BCUT2D eigenvalue weighted by Crippen LogP contribution is 2.34. The van der Waals surface area contributed by atoms with Crippen molar-refractivity contribution in [2.45, 2.75) is 52.8 Å². The molecular weight excluding hydrogens is 322 g/mol. The van der Waals surface area contributed by atoms with Crippen LogP contribution >= 0.6 is 0 Å². The summed E-state index contributed by atoms with van der Waals surface area (Å²) < 4.78 is 22.7. The lowest BCUT2D eigenvalue weighted by Gasteiger charge is -2.43. The Bertz CT molecular complexity index is 576. The Hall–Kier alpha value is -1.92. The molecule has 0 aliphatic carbocycles. The highest BCUT2D eigenvalue weighted by molar-refractivity contribution is 5.69. The van der Waals surface area contributed by atoms with Crippen LogP contribution in [-0.2, 0) is 30.3 Å². The van der Waals surface area contributed by atoms with Crippen LogP contribution in [0.25, 0.3) is 0 Å². The van der Waals surface area contributed by atoms with E-state index < -0.39 is 6.29 Å². The van der Waals surface area contributed by atoms with Gasteiger partial charge >= 0.3 is 5.97 Å². The summed E-state index contributed by atoms with van der Waals surface area (Å²) in [4.78, 5) is 11.1. The summed E-state index contributed by atoms with van der Waals surface area (Å²) in [6, 6.07) is 9.89. The van der Waals surface area contributed by atoms with E-state index in [0.29, 0.717) is 6.61 Å². The van der Waals surface area contributed by atoms with Crippen molar-refractivity contribution in [1.82, 2.24) is 0 Å². The normalized spacial score (nSPS) is 29.0. The van der Waals surface area contributed by atoms with Crippen LogP contribution < -0.4 is 0 Å². The minimum absolute atomic E-state index is 0.0614. The van der Waals surface area contributed by atoms with Crippen LogP contribution in [-0.4, -0.2) is 37.0 Å². The Morgan fingerprint density at radius 3 is 2.44 bits per heavy atom. The van der Waals surface area contributed by atoms with Crippen molar-refractivity contribution < 1.29 is 23.7 Å². The van der Waals surface area contributed by atoms with Gasteiger partial charge in [0.15, 0.2) is 5.90 Å². The van der Waals surface area contributed by atoms with Gasteiger partial charge in [0.25, 0.3) is 0 Å². The largest absolute Gasteiger partial charge is 0.463 e. The first-order valence-corrected chi connectivity index (χ1v) is 8.54. The van der Waals surface area contributed by atoms with Gasteiger partial charge in [0.1, 0.15) is 12.7 Å². The van der Waals surface area contributed by atoms with Crippen LogP contribution in [0.4, 0.5) is 0 Å². The smallest absolute Gasteiger partial charge is 0.302 e. The van der Waals surface area contributed by atoms with Gasteiger partial charge in [-0.1, -0.05) is 44.2 Å². The molecule has 1 fully saturated rings. The molecule has 0 amide bonds. The van der Waals surface area contributed by atoms with Gasteiger partial charge < -0.3 is 18.9 Å². The van der Waals surface area contributed by atoms with Crippen molar-refractivity contribution in [3.05, 3.63) is 35.9 Å². The fraction of sp³-hybridized carbons (Fsp3) is 0.579. The quantitative estimate of drug-likeness (QED) is 0.485. The molecule has 1 saturated heterocycles. The number of hydrogen-bond donors (Lipinski definition) is 1. The zero-order valence-corrected chi connectivity index (χ0v) is 15.2. The van der Waals surface area contributed by atoms with Gasteiger partial charge in [-0.15, -0.1) is 0 Å². The second-order valence-corrected chi connectivity index (χ2v) is 6.50. The third-order valence-corrected chi connectivity index (χ3v) is 4.54. The fourth-order valence-electron chi connectivity index (χ4n) is 2.92. The van der Waals surface area contributed by atoms with E-state index in [4.69, 9.17) is 24.4 Å². The predicted molar refractivity (Wildman–Crippen MR) is 93.1 cm³/mol. The molecule has 0 spiro atoms. The summed E-state index contributed by atoms with van der Waals surface area (Å²) in [6.07, 6.45) is -1.31. The Morgan fingerprint density at radius 1 is 1.16 bits per heavy atom. The van der Waals surface area contributed by atoms with Crippen LogP contribution in [0.2, 0.25) is 0 Å². The first kappa shape index (κ1) is 19.4. The second-order valence-electron chi connectivity index (χ2n) is 6.50. The molecule has 1 aromatic rings. The van der Waals surface area contributed by atoms with Gasteiger partial charge in [-0.25, -0.2) is 0 Å². The highest BCUT2D eigenvalue weighted by Gasteiger charge is 2.44. The number of esters is 1. The van der Waals surface area contributed by atoms with Crippen LogP contribution in [0, 0.1) is 17.2 Å². The zero-order valence-electron chi connectivity index (χ0n) is 15.2. The lowest BCUT2D eigenvalue weighted by Crippen LogP contribution is -2.53. The first-order chi connectivity index (χ1) is 11.9. The van der Waals surface area contributed by atoms with Gasteiger partial charge in [0.05, 0.1) is 12.7 Å². The van der Waals surface area contributed by atoms with Crippen molar-refractivity contribution in [3.8, 4) is 0 Å². The number of carbonyl (C=O) groups is 1. The number of benzene rings is 1. The highest BCUT2D eigenvalue weighted by atomic mass is 16.7. The summed E-state index contributed by atoms with van der Waals surface area (Å²) in [5, 5.41) is 7.63. The van der Waals surface area contributed by atoms with Crippen molar-refractivity contribution in [2.24, 2.45) is 11.8 Å². The number of hydrogen-bond acceptors (Lipinski definition) is 6. The van der Waals surface area contributed by atoms with Gasteiger partial charge in [-0.05, 0) is 17.4 Å². The molecule has 0 aromatic heterocycles. The predicted octanol–water partition coefficient (Wildman–Crippen LogP) is 3.15. The summed E-state index contributed by atoms with van der Waals surface area (Å²) in [5.41, 5.74) is 1.06. The second kappa shape index (κ2) is 8.97. The summed E-state index contributed by atoms with van der Waals surface area (Å²) in [7, 11) is 0. The molecule has 0 saturated carbocycles. The molecule has 1 aliphatic heterocycles. The van der Waals surface area contributed by atoms with E-state index in [0.717, 1.165) is 5.56 Å². The monoisotopic (exact) mass is 349 g/mol. The summed E-state index contributed by atoms with van der Waals surface area (Å²) in [5.74, 6) is -0.0497. The SMILES string of the molecule is CC(=N)OC1OC(COC(C)=O)C(C)C(C)C1OCc1ccccc1. The van der Waals surface area contributed by atoms with Gasteiger partial charge in [0, 0.05) is 13.8 Å². The third kappa shape index (κ3) is 5.54. The Kier molecular flexibility index (Phi) is 6.96. The topological polar surface area (TPSA) is 77.8 Å². The number of rotatable bonds is 6. The summed E-state index contributed by atoms with van der Waals surface area (Å²) in [6.45, 7) is 7.66. The average Bonchev–Trinajstić information content (AvgIpc) is 2.56. The molecular formula is C19H27NO5.